The molecule has 1 nitrogen and oxygen atoms in total. The number of benzene rings is 1. The summed E-state index contributed by atoms with van der Waals surface area (Å²) in [5.74, 6) is 0.400. The maximum absolute atomic E-state index is 10.7. The van der Waals surface area contributed by atoms with Gasteiger partial charge in [-0.15, -0.1) is 11.6 Å². The fourth-order valence-electron chi connectivity index (χ4n) is 1.09. The molecule has 1 rings (SSSR count). The molecule has 0 aromatic heterocycles. The Balaban J connectivity index is 3.01. The molecule has 0 radical (unpaired) electrons. The van der Waals surface area contributed by atoms with E-state index in [1.165, 1.54) is 0 Å². The second-order valence-electron chi connectivity index (χ2n) is 2.76. The van der Waals surface area contributed by atoms with Gasteiger partial charge in [0.05, 0.1) is 5.03 Å². The number of carbonyl (C=O) groups excluding carboxylic acids is 1. The highest BCUT2D eigenvalue weighted by Crippen LogP contribution is 2.23. The normalized spacial score (nSPS) is 12.1. The zero-order chi connectivity index (χ0) is 10.4. The van der Waals surface area contributed by atoms with E-state index >= 15 is 0 Å². The third-order valence-corrected chi connectivity index (χ3v) is 2.47. The Labute approximate surface area is 93.3 Å². The average molecular weight is 229 g/mol. The Hall–Kier alpha value is -0.790. The van der Waals surface area contributed by atoms with E-state index in [1.807, 2.05) is 30.3 Å². The number of carbonyl (C=O) groups is 1. The van der Waals surface area contributed by atoms with Crippen LogP contribution in [0.15, 0.2) is 35.9 Å². The van der Waals surface area contributed by atoms with Crippen molar-refractivity contribution in [2.45, 2.75) is 6.42 Å². The first-order valence-electron chi connectivity index (χ1n) is 4.24. The lowest BCUT2D eigenvalue weighted by molar-refractivity contribution is -0.104. The van der Waals surface area contributed by atoms with Crippen LogP contribution in [0.3, 0.4) is 0 Å². The van der Waals surface area contributed by atoms with Gasteiger partial charge in [0.2, 0.25) is 0 Å². The molecule has 14 heavy (non-hydrogen) atoms. The summed E-state index contributed by atoms with van der Waals surface area (Å²) in [5.41, 5.74) is 1.40. The highest BCUT2D eigenvalue weighted by Gasteiger charge is 2.05. The summed E-state index contributed by atoms with van der Waals surface area (Å²) < 4.78 is 0. The van der Waals surface area contributed by atoms with Gasteiger partial charge in [0.15, 0.2) is 0 Å². The summed E-state index contributed by atoms with van der Waals surface area (Å²) >= 11 is 11.6. The molecule has 3 heteroatoms. The standard InChI is InChI=1S/C11H10Cl2O/c12-7-6-10(8-14)11(13)9-4-2-1-3-5-9/h1-5,8H,6-7H2. The smallest absolute Gasteiger partial charge is 0.147 e. The number of hydrogen-bond acceptors (Lipinski definition) is 1. The highest BCUT2D eigenvalue weighted by molar-refractivity contribution is 6.50. The van der Waals surface area contributed by atoms with Gasteiger partial charge in [0, 0.05) is 11.5 Å². The predicted octanol–water partition coefficient (Wildman–Crippen LogP) is 3.46. The van der Waals surface area contributed by atoms with Crippen LogP contribution in [0.2, 0.25) is 0 Å². The van der Waals surface area contributed by atoms with E-state index < -0.39 is 0 Å². The molecule has 0 aliphatic heterocycles. The summed E-state index contributed by atoms with van der Waals surface area (Å²) in [6.07, 6.45) is 1.26. The molecule has 1 aromatic rings. The molecule has 0 N–H and O–H groups in total. The fourth-order valence-corrected chi connectivity index (χ4v) is 1.56. The zero-order valence-electron chi connectivity index (χ0n) is 7.54. The van der Waals surface area contributed by atoms with Gasteiger partial charge >= 0.3 is 0 Å². The van der Waals surface area contributed by atoms with Crippen LogP contribution in [0.4, 0.5) is 0 Å². The fraction of sp³-hybridized carbons (Fsp3) is 0.182. The highest BCUT2D eigenvalue weighted by atomic mass is 35.5. The number of hydrogen-bond donors (Lipinski definition) is 0. The molecule has 0 atom stereocenters. The van der Waals surface area contributed by atoms with Crippen molar-refractivity contribution in [3.63, 3.8) is 0 Å². The zero-order valence-corrected chi connectivity index (χ0v) is 9.05. The minimum absolute atomic E-state index is 0.400. The van der Waals surface area contributed by atoms with Gasteiger partial charge < -0.3 is 0 Å². The van der Waals surface area contributed by atoms with Crippen LogP contribution in [0.25, 0.3) is 5.03 Å². The van der Waals surface area contributed by atoms with E-state index in [2.05, 4.69) is 0 Å². The third kappa shape index (κ3) is 2.86. The van der Waals surface area contributed by atoms with Crippen molar-refractivity contribution in [2.24, 2.45) is 0 Å². The molecule has 0 amide bonds. The number of halogens is 2. The minimum Gasteiger partial charge on any atom is -0.298 e. The van der Waals surface area contributed by atoms with Gasteiger partial charge in [-0.3, -0.25) is 4.79 Å². The molecular formula is C11H10Cl2O. The Bertz CT molecular complexity index is 330. The lowest BCUT2D eigenvalue weighted by atomic mass is 10.1. The van der Waals surface area contributed by atoms with Crippen molar-refractivity contribution in [3.05, 3.63) is 41.5 Å². The minimum atomic E-state index is 0.400. The first-order valence-corrected chi connectivity index (χ1v) is 5.16. The van der Waals surface area contributed by atoms with Gasteiger partial charge in [-0.2, -0.15) is 0 Å². The second-order valence-corrected chi connectivity index (χ2v) is 3.52. The van der Waals surface area contributed by atoms with Gasteiger partial charge in [-0.25, -0.2) is 0 Å². The van der Waals surface area contributed by atoms with Crippen molar-refractivity contribution >= 4 is 34.5 Å². The molecule has 0 heterocycles. The van der Waals surface area contributed by atoms with Crippen molar-refractivity contribution in [1.82, 2.24) is 0 Å². The van der Waals surface area contributed by atoms with Crippen molar-refractivity contribution in [1.29, 1.82) is 0 Å². The van der Waals surface area contributed by atoms with Crippen molar-refractivity contribution in [2.75, 3.05) is 5.88 Å². The quantitative estimate of drug-likeness (QED) is 0.439. The Morgan fingerprint density at radius 1 is 1.29 bits per heavy atom. The molecule has 0 aliphatic carbocycles. The Morgan fingerprint density at radius 3 is 2.43 bits per heavy atom. The van der Waals surface area contributed by atoms with Crippen LogP contribution in [0, 0.1) is 0 Å². The van der Waals surface area contributed by atoms with Gasteiger partial charge in [-0.05, 0) is 12.0 Å². The topological polar surface area (TPSA) is 17.1 Å². The molecule has 0 saturated carbocycles. The molecule has 1 aromatic carbocycles. The second kappa shape index (κ2) is 5.84. The molecule has 0 saturated heterocycles. The molecule has 0 bridgehead atoms. The number of alkyl halides is 1. The van der Waals surface area contributed by atoms with Crippen LogP contribution in [-0.4, -0.2) is 12.2 Å². The summed E-state index contributed by atoms with van der Waals surface area (Å²) in [7, 11) is 0. The first kappa shape index (κ1) is 11.3. The largest absolute Gasteiger partial charge is 0.298 e. The molecule has 0 fully saturated rings. The average Bonchev–Trinajstić information content (AvgIpc) is 2.26. The van der Waals surface area contributed by atoms with Crippen molar-refractivity contribution in [3.8, 4) is 0 Å². The third-order valence-electron chi connectivity index (χ3n) is 1.82. The molecule has 0 unspecified atom stereocenters. The number of aldehydes is 1. The summed E-state index contributed by atoms with van der Waals surface area (Å²) in [6, 6.07) is 9.37. The maximum atomic E-state index is 10.7. The van der Waals surface area contributed by atoms with Crippen LogP contribution in [0.5, 0.6) is 0 Å². The predicted molar refractivity (Wildman–Crippen MR) is 60.6 cm³/mol. The molecular weight excluding hydrogens is 219 g/mol. The van der Waals surface area contributed by atoms with Crippen LogP contribution in [-0.2, 0) is 4.79 Å². The van der Waals surface area contributed by atoms with Gasteiger partial charge in [0.25, 0.3) is 0 Å². The molecule has 74 valence electrons. The Kier molecular flexibility index (Phi) is 4.71. The first-order chi connectivity index (χ1) is 6.79. The van der Waals surface area contributed by atoms with Crippen molar-refractivity contribution < 1.29 is 4.79 Å². The molecule has 0 spiro atoms. The van der Waals surface area contributed by atoms with E-state index in [0.29, 0.717) is 22.9 Å². The van der Waals surface area contributed by atoms with E-state index in [4.69, 9.17) is 23.2 Å². The summed E-state index contributed by atoms with van der Waals surface area (Å²) in [6.45, 7) is 0. The van der Waals surface area contributed by atoms with E-state index in [1.54, 1.807) is 0 Å². The summed E-state index contributed by atoms with van der Waals surface area (Å²) in [4.78, 5) is 10.7. The molecule has 0 aliphatic rings. The SMILES string of the molecule is O=CC(CCCl)=C(Cl)c1ccccc1. The Morgan fingerprint density at radius 2 is 1.93 bits per heavy atom. The number of rotatable bonds is 4. The lowest BCUT2D eigenvalue weighted by Gasteiger charge is -2.02. The van der Waals surface area contributed by atoms with E-state index in [9.17, 15) is 4.79 Å². The number of allylic oxidation sites excluding steroid dienone is 1. The van der Waals surface area contributed by atoms with Gasteiger partial charge in [0.1, 0.15) is 6.29 Å². The lowest BCUT2D eigenvalue weighted by Crippen LogP contribution is -1.90. The monoisotopic (exact) mass is 228 g/mol. The van der Waals surface area contributed by atoms with Crippen LogP contribution >= 0.6 is 23.2 Å². The van der Waals surface area contributed by atoms with Crippen LogP contribution in [0.1, 0.15) is 12.0 Å². The summed E-state index contributed by atoms with van der Waals surface area (Å²) in [5, 5.41) is 0.487. The van der Waals surface area contributed by atoms with E-state index in [-0.39, 0.29) is 0 Å². The maximum Gasteiger partial charge on any atom is 0.147 e. The van der Waals surface area contributed by atoms with E-state index in [0.717, 1.165) is 11.8 Å². The van der Waals surface area contributed by atoms with Gasteiger partial charge in [-0.1, -0.05) is 41.9 Å². The van der Waals surface area contributed by atoms with Crippen LogP contribution < -0.4 is 0 Å².